The number of amidine groups is 1. The normalized spacial score (nSPS) is 16.2. The third-order valence-corrected chi connectivity index (χ3v) is 1.92. The molecule has 1 aromatic heterocycles. The molecule has 4 nitrogen and oxygen atoms in total. The molecule has 1 aliphatic heterocycles. The fraction of sp³-hybridized carbons (Fsp3) is 0.444. The summed E-state index contributed by atoms with van der Waals surface area (Å²) in [7, 11) is 0. The van der Waals surface area contributed by atoms with Gasteiger partial charge in [-0.1, -0.05) is 0 Å². The van der Waals surface area contributed by atoms with Gasteiger partial charge in [0, 0.05) is 19.3 Å². The van der Waals surface area contributed by atoms with Crippen LogP contribution in [0.25, 0.3) is 0 Å². The number of hydrogen-bond acceptors (Lipinski definition) is 4. The van der Waals surface area contributed by atoms with E-state index in [0.29, 0.717) is 0 Å². The molecule has 0 aliphatic carbocycles. The lowest BCUT2D eigenvalue weighted by atomic mass is 10.3. The zero-order chi connectivity index (χ0) is 9.10. The Kier molecular flexibility index (Phi) is 2.21. The lowest BCUT2D eigenvalue weighted by molar-refractivity contribution is 0.739. The lowest BCUT2D eigenvalue weighted by Gasteiger charge is -2.13. The molecule has 1 aromatic rings. The van der Waals surface area contributed by atoms with Crippen LogP contribution in [0.15, 0.2) is 17.3 Å². The minimum Gasteiger partial charge on any atom is -0.369 e. The Morgan fingerprint density at radius 3 is 3.08 bits per heavy atom. The van der Waals surface area contributed by atoms with Crippen molar-refractivity contribution < 1.29 is 0 Å². The van der Waals surface area contributed by atoms with Crippen LogP contribution < -0.4 is 5.32 Å². The van der Waals surface area contributed by atoms with Crippen LogP contribution in [0, 0.1) is 6.92 Å². The van der Waals surface area contributed by atoms with Crippen LogP contribution in [-0.4, -0.2) is 28.9 Å². The largest absolute Gasteiger partial charge is 0.369 e. The maximum atomic E-state index is 4.36. The molecule has 0 atom stereocenters. The van der Waals surface area contributed by atoms with E-state index in [1.807, 2.05) is 13.0 Å². The van der Waals surface area contributed by atoms with E-state index in [1.54, 1.807) is 6.20 Å². The molecule has 0 saturated heterocycles. The zero-order valence-corrected chi connectivity index (χ0v) is 7.62. The molecule has 0 fully saturated rings. The first-order chi connectivity index (χ1) is 6.36. The topological polar surface area (TPSA) is 50.2 Å². The van der Waals surface area contributed by atoms with Gasteiger partial charge in [-0.15, -0.1) is 0 Å². The highest BCUT2D eigenvalue weighted by Crippen LogP contribution is 1.99. The summed E-state index contributed by atoms with van der Waals surface area (Å²) in [4.78, 5) is 12.7. The molecule has 0 amide bonds. The van der Waals surface area contributed by atoms with Gasteiger partial charge in [-0.05, 0) is 19.4 Å². The number of aryl methyl sites for hydroxylation is 1. The van der Waals surface area contributed by atoms with Crippen molar-refractivity contribution in [2.45, 2.75) is 13.3 Å². The average molecular weight is 176 g/mol. The number of nitrogens with one attached hydrogen (secondary N) is 1. The van der Waals surface area contributed by atoms with Gasteiger partial charge in [0.25, 0.3) is 0 Å². The molecule has 2 rings (SSSR count). The van der Waals surface area contributed by atoms with Gasteiger partial charge < -0.3 is 5.32 Å². The first-order valence-electron chi connectivity index (χ1n) is 4.44. The summed E-state index contributed by atoms with van der Waals surface area (Å²) in [6.07, 6.45) is 2.87. The van der Waals surface area contributed by atoms with Crippen LogP contribution in [0.5, 0.6) is 0 Å². The third-order valence-electron chi connectivity index (χ3n) is 1.92. The monoisotopic (exact) mass is 176 g/mol. The van der Waals surface area contributed by atoms with Crippen LogP contribution in [0.1, 0.15) is 17.9 Å². The quantitative estimate of drug-likeness (QED) is 0.679. The Bertz CT molecular complexity index is 332. The maximum absolute atomic E-state index is 4.36. The minimum absolute atomic E-state index is 0.785. The van der Waals surface area contributed by atoms with Crippen molar-refractivity contribution >= 4 is 5.84 Å². The summed E-state index contributed by atoms with van der Waals surface area (Å²) in [6.45, 7) is 3.76. The van der Waals surface area contributed by atoms with Crippen molar-refractivity contribution in [2.75, 3.05) is 13.1 Å². The van der Waals surface area contributed by atoms with Gasteiger partial charge in [-0.25, -0.2) is 9.97 Å². The summed E-state index contributed by atoms with van der Waals surface area (Å²) >= 11 is 0. The Labute approximate surface area is 77.1 Å². The SMILES string of the molecule is Cc1nccc(C2=NCCCN2)n1. The van der Waals surface area contributed by atoms with Crippen LogP contribution in [0.4, 0.5) is 0 Å². The second kappa shape index (κ2) is 3.51. The fourth-order valence-electron chi connectivity index (χ4n) is 1.29. The molecule has 0 unspecified atom stereocenters. The van der Waals surface area contributed by atoms with Gasteiger partial charge in [0.05, 0.1) is 0 Å². The molecule has 4 heteroatoms. The van der Waals surface area contributed by atoms with Crippen molar-refractivity contribution in [3.8, 4) is 0 Å². The summed E-state index contributed by atoms with van der Waals surface area (Å²) in [6, 6.07) is 1.88. The molecule has 0 bridgehead atoms. The van der Waals surface area contributed by atoms with Gasteiger partial charge in [0.2, 0.25) is 0 Å². The highest BCUT2D eigenvalue weighted by molar-refractivity contribution is 5.97. The Morgan fingerprint density at radius 1 is 1.46 bits per heavy atom. The molecular formula is C9H12N4. The van der Waals surface area contributed by atoms with E-state index in [-0.39, 0.29) is 0 Å². The molecule has 0 spiro atoms. The summed E-state index contributed by atoms with van der Waals surface area (Å²) < 4.78 is 0. The van der Waals surface area contributed by atoms with Gasteiger partial charge in [-0.3, -0.25) is 4.99 Å². The fourth-order valence-corrected chi connectivity index (χ4v) is 1.29. The molecule has 0 saturated carbocycles. The molecule has 13 heavy (non-hydrogen) atoms. The van der Waals surface area contributed by atoms with Crippen molar-refractivity contribution in [3.05, 3.63) is 23.8 Å². The molecule has 0 aromatic carbocycles. The smallest absolute Gasteiger partial charge is 0.147 e. The summed E-state index contributed by atoms with van der Waals surface area (Å²) in [5.74, 6) is 1.68. The molecular weight excluding hydrogens is 164 g/mol. The van der Waals surface area contributed by atoms with Gasteiger partial charge in [-0.2, -0.15) is 0 Å². The lowest BCUT2D eigenvalue weighted by Crippen LogP contribution is -2.31. The molecule has 0 radical (unpaired) electrons. The Hall–Kier alpha value is -1.45. The minimum atomic E-state index is 0.785. The summed E-state index contributed by atoms with van der Waals surface area (Å²) in [5.41, 5.74) is 0.896. The highest BCUT2D eigenvalue weighted by Gasteiger charge is 2.07. The molecule has 68 valence electrons. The van der Waals surface area contributed by atoms with Crippen LogP contribution >= 0.6 is 0 Å². The van der Waals surface area contributed by atoms with Crippen molar-refractivity contribution in [3.63, 3.8) is 0 Å². The number of aliphatic imine (C=N–C) groups is 1. The maximum Gasteiger partial charge on any atom is 0.147 e. The van der Waals surface area contributed by atoms with Gasteiger partial charge >= 0.3 is 0 Å². The standard InChI is InChI=1S/C9H12N4/c1-7-10-6-3-8(13-7)9-11-4-2-5-12-9/h3,6H,2,4-5H2,1H3,(H,11,12). The predicted molar refractivity (Wildman–Crippen MR) is 50.8 cm³/mol. The average Bonchev–Trinajstić information content (AvgIpc) is 2.19. The molecule has 1 aliphatic rings. The van der Waals surface area contributed by atoms with Crippen LogP contribution in [0.3, 0.4) is 0 Å². The van der Waals surface area contributed by atoms with E-state index >= 15 is 0 Å². The van der Waals surface area contributed by atoms with Crippen molar-refractivity contribution in [1.29, 1.82) is 0 Å². The molecule has 2 heterocycles. The number of aromatic nitrogens is 2. The highest BCUT2D eigenvalue weighted by atomic mass is 15.0. The number of hydrogen-bond donors (Lipinski definition) is 1. The van der Waals surface area contributed by atoms with E-state index in [4.69, 9.17) is 0 Å². The van der Waals surface area contributed by atoms with E-state index in [2.05, 4.69) is 20.3 Å². The zero-order valence-electron chi connectivity index (χ0n) is 7.62. The second-order valence-corrected chi connectivity index (χ2v) is 3.00. The van der Waals surface area contributed by atoms with Crippen LogP contribution in [-0.2, 0) is 0 Å². The first-order valence-corrected chi connectivity index (χ1v) is 4.44. The van der Waals surface area contributed by atoms with E-state index in [1.165, 1.54) is 0 Å². The predicted octanol–water partition coefficient (Wildman–Crippen LogP) is 0.525. The Balaban J connectivity index is 2.29. The molecule has 1 N–H and O–H groups in total. The van der Waals surface area contributed by atoms with Gasteiger partial charge in [0.15, 0.2) is 0 Å². The third kappa shape index (κ3) is 1.83. The second-order valence-electron chi connectivity index (χ2n) is 3.00. The Morgan fingerprint density at radius 2 is 2.38 bits per heavy atom. The number of nitrogens with zero attached hydrogens (tertiary/aromatic N) is 3. The summed E-state index contributed by atoms with van der Waals surface area (Å²) in [5, 5.41) is 3.22. The first kappa shape index (κ1) is 8.16. The van der Waals surface area contributed by atoms with E-state index in [9.17, 15) is 0 Å². The van der Waals surface area contributed by atoms with Crippen molar-refractivity contribution in [1.82, 2.24) is 15.3 Å². The van der Waals surface area contributed by atoms with E-state index < -0.39 is 0 Å². The van der Waals surface area contributed by atoms with E-state index in [0.717, 1.165) is 36.9 Å². The van der Waals surface area contributed by atoms with Crippen molar-refractivity contribution in [2.24, 2.45) is 4.99 Å². The van der Waals surface area contributed by atoms with Crippen LogP contribution in [0.2, 0.25) is 0 Å². The number of rotatable bonds is 1. The van der Waals surface area contributed by atoms with Gasteiger partial charge in [0.1, 0.15) is 17.4 Å².